The van der Waals surface area contributed by atoms with Gasteiger partial charge in [-0.25, -0.2) is 14.5 Å². The Morgan fingerprint density at radius 3 is 2.76 bits per heavy atom. The molecule has 0 radical (unpaired) electrons. The van der Waals surface area contributed by atoms with E-state index in [0.29, 0.717) is 29.1 Å². The maximum absolute atomic E-state index is 12.7. The SMILES string of the molecule is CCc1c(C(=O)OCc2nc(-c3ccc(OC(F)F)c(OC)c3)no2)cnn1-c1ccccn1. The van der Waals surface area contributed by atoms with Gasteiger partial charge in [0.15, 0.2) is 23.9 Å². The number of ether oxygens (including phenoxy) is 3. The van der Waals surface area contributed by atoms with E-state index in [4.69, 9.17) is 14.0 Å². The number of carbonyl (C=O) groups excluding carboxylic acids is 1. The molecule has 0 spiro atoms. The Hall–Kier alpha value is -4.35. The molecule has 0 aliphatic heterocycles. The smallest absolute Gasteiger partial charge is 0.387 e. The Morgan fingerprint density at radius 1 is 1.21 bits per heavy atom. The maximum Gasteiger partial charge on any atom is 0.387 e. The monoisotopic (exact) mass is 471 g/mol. The average molecular weight is 471 g/mol. The molecular formula is C22H19F2N5O5. The number of aromatic nitrogens is 5. The molecule has 0 atom stereocenters. The van der Waals surface area contributed by atoms with Crippen LogP contribution in [0.1, 0.15) is 28.9 Å². The predicted octanol–water partition coefficient (Wildman–Crippen LogP) is 3.85. The number of hydrogen-bond donors (Lipinski definition) is 0. The Kier molecular flexibility index (Phi) is 6.76. The highest BCUT2D eigenvalue weighted by molar-refractivity contribution is 5.90. The van der Waals surface area contributed by atoms with Crippen molar-refractivity contribution in [1.29, 1.82) is 0 Å². The minimum atomic E-state index is -2.99. The molecule has 0 N–H and O–H groups in total. The zero-order chi connectivity index (χ0) is 24.1. The van der Waals surface area contributed by atoms with Gasteiger partial charge in [-0.1, -0.05) is 18.1 Å². The normalized spacial score (nSPS) is 11.0. The van der Waals surface area contributed by atoms with Crippen LogP contribution in [0.2, 0.25) is 0 Å². The molecule has 0 amide bonds. The molecule has 10 nitrogen and oxygen atoms in total. The Labute approximate surface area is 192 Å². The lowest BCUT2D eigenvalue weighted by Gasteiger charge is -2.10. The summed E-state index contributed by atoms with van der Waals surface area (Å²) in [6.07, 6.45) is 3.58. The van der Waals surface area contributed by atoms with Gasteiger partial charge in [-0.15, -0.1) is 0 Å². The van der Waals surface area contributed by atoms with E-state index in [1.807, 2.05) is 13.0 Å². The summed E-state index contributed by atoms with van der Waals surface area (Å²) in [5.41, 5.74) is 1.38. The second-order valence-electron chi connectivity index (χ2n) is 6.79. The molecule has 0 saturated heterocycles. The molecule has 3 heterocycles. The van der Waals surface area contributed by atoms with Crippen molar-refractivity contribution in [2.24, 2.45) is 0 Å². The van der Waals surface area contributed by atoms with Crippen molar-refractivity contribution in [1.82, 2.24) is 24.9 Å². The van der Waals surface area contributed by atoms with Gasteiger partial charge in [-0.05, 0) is 36.8 Å². The van der Waals surface area contributed by atoms with Crippen LogP contribution < -0.4 is 9.47 Å². The third kappa shape index (κ3) is 4.85. The molecule has 0 unspecified atom stereocenters. The van der Waals surface area contributed by atoms with Gasteiger partial charge in [-0.2, -0.15) is 18.9 Å². The molecular weight excluding hydrogens is 452 g/mol. The van der Waals surface area contributed by atoms with E-state index in [0.717, 1.165) is 0 Å². The second kappa shape index (κ2) is 10.1. The Balaban J connectivity index is 1.46. The maximum atomic E-state index is 12.7. The summed E-state index contributed by atoms with van der Waals surface area (Å²) in [7, 11) is 1.32. The van der Waals surface area contributed by atoms with E-state index in [1.165, 1.54) is 31.5 Å². The summed E-state index contributed by atoms with van der Waals surface area (Å²) >= 11 is 0. The molecule has 3 aromatic heterocycles. The van der Waals surface area contributed by atoms with Gasteiger partial charge in [-0.3, -0.25) is 0 Å². The van der Waals surface area contributed by atoms with E-state index in [-0.39, 0.29) is 29.8 Å². The van der Waals surface area contributed by atoms with E-state index in [2.05, 4.69) is 25.0 Å². The summed E-state index contributed by atoms with van der Waals surface area (Å²) in [6, 6.07) is 9.60. The molecule has 34 heavy (non-hydrogen) atoms. The zero-order valence-corrected chi connectivity index (χ0v) is 18.1. The lowest BCUT2D eigenvalue weighted by Crippen LogP contribution is -2.10. The van der Waals surface area contributed by atoms with Crippen LogP contribution in [0, 0.1) is 0 Å². The summed E-state index contributed by atoms with van der Waals surface area (Å²) in [6.45, 7) is -1.37. The molecule has 0 saturated carbocycles. The standard InChI is InChI=1S/C22H19F2N5O5/c1-3-15-14(11-26-29(15)18-6-4-5-9-25-18)21(30)32-12-19-27-20(28-34-19)13-7-8-16(33-22(23)24)17(10-13)31-2/h4-11,22H,3,12H2,1-2H3. The number of pyridine rings is 1. The minimum absolute atomic E-state index is 0.0467. The van der Waals surface area contributed by atoms with Crippen LogP contribution in [0.25, 0.3) is 17.2 Å². The molecule has 176 valence electrons. The van der Waals surface area contributed by atoms with Crippen molar-refractivity contribution in [2.45, 2.75) is 26.6 Å². The number of esters is 1. The largest absolute Gasteiger partial charge is 0.493 e. The van der Waals surface area contributed by atoms with Crippen LogP contribution in [0.3, 0.4) is 0 Å². The van der Waals surface area contributed by atoms with Gasteiger partial charge in [0.25, 0.3) is 5.89 Å². The number of rotatable bonds is 9. The third-order valence-electron chi connectivity index (χ3n) is 4.72. The van der Waals surface area contributed by atoms with Crippen LogP contribution >= 0.6 is 0 Å². The van der Waals surface area contributed by atoms with Gasteiger partial charge < -0.3 is 18.7 Å². The highest BCUT2D eigenvalue weighted by atomic mass is 19.3. The van der Waals surface area contributed by atoms with Crippen molar-refractivity contribution < 1.29 is 32.3 Å². The lowest BCUT2D eigenvalue weighted by molar-refractivity contribution is -0.0512. The second-order valence-corrected chi connectivity index (χ2v) is 6.79. The number of alkyl halides is 2. The van der Waals surface area contributed by atoms with E-state index in [1.54, 1.807) is 23.0 Å². The van der Waals surface area contributed by atoms with Crippen LogP contribution in [-0.4, -0.2) is 44.6 Å². The fraction of sp³-hybridized carbons (Fsp3) is 0.227. The van der Waals surface area contributed by atoms with Gasteiger partial charge in [0, 0.05) is 11.8 Å². The number of halogens is 2. The Bertz CT molecular complexity index is 1280. The number of methoxy groups -OCH3 is 1. The van der Waals surface area contributed by atoms with Crippen LogP contribution in [0.5, 0.6) is 11.5 Å². The minimum Gasteiger partial charge on any atom is -0.493 e. The summed E-state index contributed by atoms with van der Waals surface area (Å²) in [5.74, 6) is 0.134. The molecule has 0 fully saturated rings. The molecule has 1 aromatic carbocycles. The molecule has 12 heteroatoms. The molecule has 4 rings (SSSR count). The number of nitrogens with zero attached hydrogens (tertiary/aromatic N) is 5. The van der Waals surface area contributed by atoms with Crippen molar-refractivity contribution in [3.05, 3.63) is 65.9 Å². The number of carbonyl (C=O) groups is 1. The highest BCUT2D eigenvalue weighted by Gasteiger charge is 2.20. The lowest BCUT2D eigenvalue weighted by atomic mass is 10.2. The molecule has 4 aromatic rings. The highest BCUT2D eigenvalue weighted by Crippen LogP contribution is 2.32. The predicted molar refractivity (Wildman–Crippen MR) is 113 cm³/mol. The Morgan fingerprint density at radius 2 is 2.06 bits per heavy atom. The molecule has 0 aliphatic rings. The third-order valence-corrected chi connectivity index (χ3v) is 4.72. The summed E-state index contributed by atoms with van der Waals surface area (Å²) in [4.78, 5) is 21.1. The van der Waals surface area contributed by atoms with Gasteiger partial charge in [0.05, 0.1) is 19.0 Å². The van der Waals surface area contributed by atoms with Gasteiger partial charge >= 0.3 is 12.6 Å². The first kappa shape index (κ1) is 22.8. The van der Waals surface area contributed by atoms with Crippen LogP contribution in [0.15, 0.2) is 53.3 Å². The van der Waals surface area contributed by atoms with Crippen molar-refractivity contribution >= 4 is 5.97 Å². The van der Waals surface area contributed by atoms with E-state index in [9.17, 15) is 13.6 Å². The van der Waals surface area contributed by atoms with E-state index >= 15 is 0 Å². The summed E-state index contributed by atoms with van der Waals surface area (Å²) < 4.78 is 46.5. The topological polar surface area (TPSA) is 114 Å². The van der Waals surface area contributed by atoms with Gasteiger partial charge in [0.1, 0.15) is 5.56 Å². The molecule has 0 bridgehead atoms. The van der Waals surface area contributed by atoms with Crippen molar-refractivity contribution in [2.75, 3.05) is 7.11 Å². The average Bonchev–Trinajstić information content (AvgIpc) is 3.50. The molecule has 0 aliphatic carbocycles. The van der Waals surface area contributed by atoms with Crippen LogP contribution in [-0.2, 0) is 17.8 Å². The van der Waals surface area contributed by atoms with Crippen LogP contribution in [0.4, 0.5) is 8.78 Å². The first-order valence-corrected chi connectivity index (χ1v) is 10.1. The fourth-order valence-corrected chi connectivity index (χ4v) is 3.20. The number of benzene rings is 1. The number of hydrogen-bond acceptors (Lipinski definition) is 9. The zero-order valence-electron chi connectivity index (χ0n) is 18.1. The fourth-order valence-electron chi connectivity index (χ4n) is 3.20. The first-order valence-electron chi connectivity index (χ1n) is 10.1. The van der Waals surface area contributed by atoms with Crippen molar-refractivity contribution in [3.63, 3.8) is 0 Å². The van der Waals surface area contributed by atoms with Crippen molar-refractivity contribution in [3.8, 4) is 28.7 Å². The van der Waals surface area contributed by atoms with E-state index < -0.39 is 12.6 Å². The quantitative estimate of drug-likeness (QED) is 0.336. The first-order chi connectivity index (χ1) is 16.5. The summed E-state index contributed by atoms with van der Waals surface area (Å²) in [5, 5.41) is 8.09. The van der Waals surface area contributed by atoms with Gasteiger partial charge in [0.2, 0.25) is 5.82 Å².